The predicted octanol–water partition coefficient (Wildman–Crippen LogP) is 2.16. The van der Waals surface area contributed by atoms with Crippen LogP contribution in [0.4, 0.5) is 0 Å². The van der Waals surface area contributed by atoms with Crippen LogP contribution in [0.15, 0.2) is 36.4 Å². The average Bonchev–Trinajstić information content (AvgIpc) is 2.26. The first-order chi connectivity index (χ1) is 7.99. The van der Waals surface area contributed by atoms with E-state index in [4.69, 9.17) is 16.7 Å². The average molecular weight is 254 g/mol. The van der Waals surface area contributed by atoms with Gasteiger partial charge >= 0.3 is 5.97 Å². The Kier molecular flexibility index (Phi) is 4.72. The molecule has 1 unspecified atom stereocenters. The Bertz CT molecular complexity index is 457. The zero-order chi connectivity index (χ0) is 12.8. The number of rotatable bonds is 4. The van der Waals surface area contributed by atoms with E-state index in [-0.39, 0.29) is 6.04 Å². The van der Waals surface area contributed by atoms with Crippen LogP contribution in [0.2, 0.25) is 5.02 Å². The monoisotopic (exact) mass is 253 g/mol. The van der Waals surface area contributed by atoms with Crippen molar-refractivity contribution in [2.75, 3.05) is 0 Å². The number of nitrogens with one attached hydrogen (secondary N) is 1. The zero-order valence-corrected chi connectivity index (χ0v) is 9.94. The molecule has 0 fully saturated rings. The maximum Gasteiger partial charge on any atom is 0.328 e. The first-order valence-corrected chi connectivity index (χ1v) is 5.34. The molecule has 4 nitrogen and oxygen atoms in total. The molecule has 17 heavy (non-hydrogen) atoms. The minimum Gasteiger partial charge on any atom is -0.478 e. The van der Waals surface area contributed by atoms with Crippen molar-refractivity contribution >= 4 is 23.5 Å². The van der Waals surface area contributed by atoms with E-state index in [0.717, 1.165) is 17.7 Å². The van der Waals surface area contributed by atoms with Crippen LogP contribution in [-0.4, -0.2) is 17.0 Å². The molecule has 1 atom stereocenters. The fourth-order valence-electron chi connectivity index (χ4n) is 1.27. The minimum absolute atomic E-state index is 0.236. The molecule has 90 valence electrons. The number of carbonyl (C=O) groups is 2. The highest BCUT2D eigenvalue weighted by molar-refractivity contribution is 6.30. The fraction of sp³-hybridized carbons (Fsp3) is 0.167. The second-order valence-electron chi connectivity index (χ2n) is 3.46. The first-order valence-electron chi connectivity index (χ1n) is 4.96. The number of hydrogen-bond donors (Lipinski definition) is 2. The third-order valence-corrected chi connectivity index (χ3v) is 2.32. The third-order valence-electron chi connectivity index (χ3n) is 2.08. The highest BCUT2D eigenvalue weighted by atomic mass is 35.5. The highest BCUT2D eigenvalue weighted by Crippen LogP contribution is 2.17. The van der Waals surface area contributed by atoms with Crippen LogP contribution in [0.25, 0.3) is 0 Å². The largest absolute Gasteiger partial charge is 0.478 e. The fourth-order valence-corrected chi connectivity index (χ4v) is 1.47. The van der Waals surface area contributed by atoms with Gasteiger partial charge in [-0.05, 0) is 24.6 Å². The van der Waals surface area contributed by atoms with Crippen LogP contribution < -0.4 is 5.32 Å². The summed E-state index contributed by atoms with van der Waals surface area (Å²) in [6.07, 6.45) is 1.77. The molecular formula is C12H12ClNO3. The van der Waals surface area contributed by atoms with E-state index < -0.39 is 11.9 Å². The third kappa shape index (κ3) is 4.70. The summed E-state index contributed by atoms with van der Waals surface area (Å²) in [7, 11) is 0. The topological polar surface area (TPSA) is 66.4 Å². The van der Waals surface area contributed by atoms with Crippen molar-refractivity contribution in [2.24, 2.45) is 0 Å². The standard InChI is InChI=1S/C12H12ClNO3/c1-8(9-3-2-4-10(13)7-9)14-11(15)5-6-12(16)17/h2-8H,1H3,(H,14,15)(H,16,17)/b6-5+. The van der Waals surface area contributed by atoms with Crippen molar-refractivity contribution in [3.63, 3.8) is 0 Å². The molecule has 0 aliphatic carbocycles. The van der Waals surface area contributed by atoms with Crippen LogP contribution in [0.1, 0.15) is 18.5 Å². The van der Waals surface area contributed by atoms with Gasteiger partial charge in [-0.3, -0.25) is 4.79 Å². The molecule has 1 amide bonds. The maximum absolute atomic E-state index is 11.3. The Morgan fingerprint density at radius 3 is 2.71 bits per heavy atom. The molecule has 0 spiro atoms. The van der Waals surface area contributed by atoms with E-state index in [1.807, 2.05) is 6.07 Å². The molecule has 0 saturated carbocycles. The summed E-state index contributed by atoms with van der Waals surface area (Å²) in [5, 5.41) is 11.6. The molecule has 0 aliphatic heterocycles. The molecule has 1 rings (SSSR count). The van der Waals surface area contributed by atoms with Gasteiger partial charge in [-0.1, -0.05) is 23.7 Å². The molecule has 0 heterocycles. The molecule has 2 N–H and O–H groups in total. The molecule has 0 bridgehead atoms. The lowest BCUT2D eigenvalue weighted by molar-refractivity contribution is -0.131. The van der Waals surface area contributed by atoms with Crippen LogP contribution in [0.3, 0.4) is 0 Å². The van der Waals surface area contributed by atoms with Crippen molar-refractivity contribution in [1.82, 2.24) is 5.32 Å². The van der Waals surface area contributed by atoms with Crippen LogP contribution in [0, 0.1) is 0 Å². The van der Waals surface area contributed by atoms with Gasteiger partial charge < -0.3 is 10.4 Å². The minimum atomic E-state index is -1.16. The normalized spacial score (nSPS) is 12.4. The second-order valence-corrected chi connectivity index (χ2v) is 3.89. The predicted molar refractivity (Wildman–Crippen MR) is 64.8 cm³/mol. The molecule has 5 heteroatoms. The molecular weight excluding hydrogens is 242 g/mol. The lowest BCUT2D eigenvalue weighted by Gasteiger charge is -2.12. The summed E-state index contributed by atoms with van der Waals surface area (Å²) < 4.78 is 0. The van der Waals surface area contributed by atoms with Crippen molar-refractivity contribution in [3.05, 3.63) is 47.0 Å². The van der Waals surface area contributed by atoms with Crippen LogP contribution in [0.5, 0.6) is 0 Å². The van der Waals surface area contributed by atoms with Crippen molar-refractivity contribution in [1.29, 1.82) is 0 Å². The Labute approximate surface area is 104 Å². The van der Waals surface area contributed by atoms with Gasteiger partial charge in [0.05, 0.1) is 6.04 Å². The van der Waals surface area contributed by atoms with Gasteiger partial charge in [0.15, 0.2) is 0 Å². The Morgan fingerprint density at radius 2 is 2.12 bits per heavy atom. The summed E-state index contributed by atoms with van der Waals surface area (Å²) in [6, 6.07) is 6.86. The van der Waals surface area contributed by atoms with E-state index in [9.17, 15) is 9.59 Å². The Morgan fingerprint density at radius 1 is 1.41 bits per heavy atom. The van der Waals surface area contributed by atoms with Crippen LogP contribution >= 0.6 is 11.6 Å². The number of carboxylic acids is 1. The summed E-state index contributed by atoms with van der Waals surface area (Å²) in [4.78, 5) is 21.5. The number of carboxylic acid groups (broad SMARTS) is 1. The number of carbonyl (C=O) groups excluding carboxylic acids is 1. The number of hydrogen-bond acceptors (Lipinski definition) is 2. The first kappa shape index (κ1) is 13.3. The van der Waals surface area contributed by atoms with Gasteiger partial charge in [-0.25, -0.2) is 4.79 Å². The van der Waals surface area contributed by atoms with E-state index in [1.165, 1.54) is 0 Å². The van der Waals surface area contributed by atoms with Crippen molar-refractivity contribution < 1.29 is 14.7 Å². The summed E-state index contributed by atoms with van der Waals surface area (Å²) in [5.41, 5.74) is 0.856. The van der Waals surface area contributed by atoms with Gasteiger partial charge in [0.25, 0.3) is 0 Å². The maximum atomic E-state index is 11.3. The lowest BCUT2D eigenvalue weighted by Crippen LogP contribution is -2.24. The van der Waals surface area contributed by atoms with E-state index in [1.54, 1.807) is 25.1 Å². The van der Waals surface area contributed by atoms with E-state index in [2.05, 4.69) is 5.32 Å². The zero-order valence-electron chi connectivity index (χ0n) is 9.18. The second kappa shape index (κ2) is 6.06. The molecule has 0 aliphatic rings. The lowest BCUT2D eigenvalue weighted by atomic mass is 10.1. The quantitative estimate of drug-likeness (QED) is 0.808. The summed E-state index contributed by atoms with van der Waals surface area (Å²) >= 11 is 5.82. The Hall–Kier alpha value is -1.81. The number of halogens is 1. The van der Waals surface area contributed by atoms with Crippen molar-refractivity contribution in [2.45, 2.75) is 13.0 Å². The molecule has 0 aromatic heterocycles. The number of benzene rings is 1. The van der Waals surface area contributed by atoms with Gasteiger partial charge in [0.1, 0.15) is 0 Å². The Balaban J connectivity index is 2.63. The number of aliphatic carboxylic acids is 1. The molecule has 1 aromatic rings. The summed E-state index contributed by atoms with van der Waals surface area (Å²) in [5.74, 6) is -1.62. The molecule has 0 radical (unpaired) electrons. The summed E-state index contributed by atoms with van der Waals surface area (Å²) in [6.45, 7) is 1.79. The number of amides is 1. The van der Waals surface area contributed by atoms with Gasteiger partial charge in [-0.2, -0.15) is 0 Å². The van der Waals surface area contributed by atoms with E-state index in [0.29, 0.717) is 5.02 Å². The van der Waals surface area contributed by atoms with Crippen molar-refractivity contribution in [3.8, 4) is 0 Å². The molecule has 1 aromatic carbocycles. The highest BCUT2D eigenvalue weighted by Gasteiger charge is 2.07. The van der Waals surface area contributed by atoms with Gasteiger partial charge in [0, 0.05) is 17.2 Å². The van der Waals surface area contributed by atoms with Gasteiger partial charge in [0.2, 0.25) is 5.91 Å². The molecule has 0 saturated heterocycles. The van der Waals surface area contributed by atoms with Crippen LogP contribution in [-0.2, 0) is 9.59 Å². The van der Waals surface area contributed by atoms with Gasteiger partial charge in [-0.15, -0.1) is 0 Å². The SMILES string of the molecule is CC(NC(=O)/C=C/C(=O)O)c1cccc(Cl)c1. The van der Waals surface area contributed by atoms with E-state index >= 15 is 0 Å². The smallest absolute Gasteiger partial charge is 0.328 e.